The number of hydrogen-bond acceptors (Lipinski definition) is 3. The van der Waals surface area contributed by atoms with Crippen LogP contribution in [0, 0.1) is 5.41 Å². The molecule has 156 valence electrons. The minimum atomic E-state index is -0.0746. The van der Waals surface area contributed by atoms with Crippen molar-refractivity contribution in [3.63, 3.8) is 0 Å². The summed E-state index contributed by atoms with van der Waals surface area (Å²) in [5.74, 6) is -0.116. The zero-order valence-electron chi connectivity index (χ0n) is 17.1. The van der Waals surface area contributed by atoms with E-state index in [4.69, 9.17) is 11.1 Å². The molecule has 1 aliphatic rings. The molecule has 3 N–H and O–H groups in total. The number of hydrogen-bond donors (Lipinski definition) is 2. The van der Waals surface area contributed by atoms with Gasteiger partial charge in [-0.05, 0) is 35.4 Å². The Bertz CT molecular complexity index is 1080. The van der Waals surface area contributed by atoms with Gasteiger partial charge in [0.2, 0.25) is 0 Å². The second-order valence-electron chi connectivity index (χ2n) is 7.52. The number of benzene rings is 3. The molecular formula is C25H24N4O2. The molecule has 6 heteroatoms. The van der Waals surface area contributed by atoms with Crippen molar-refractivity contribution in [3.8, 4) is 11.1 Å². The minimum absolute atomic E-state index is 0.0162. The highest BCUT2D eigenvalue weighted by Gasteiger charge is 2.25. The van der Waals surface area contributed by atoms with E-state index in [-0.39, 0.29) is 17.6 Å². The van der Waals surface area contributed by atoms with Gasteiger partial charge < -0.3 is 15.5 Å². The second kappa shape index (κ2) is 8.83. The predicted octanol–water partition coefficient (Wildman–Crippen LogP) is 3.24. The van der Waals surface area contributed by atoms with Crippen LogP contribution in [0.5, 0.6) is 0 Å². The molecule has 0 spiro atoms. The number of nitrogens with one attached hydrogen (secondary N) is 1. The minimum Gasteiger partial charge on any atom is -0.384 e. The molecule has 3 aromatic rings. The highest BCUT2D eigenvalue weighted by molar-refractivity contribution is 5.98. The molecule has 4 rings (SSSR count). The zero-order valence-corrected chi connectivity index (χ0v) is 17.1. The van der Waals surface area contributed by atoms with Gasteiger partial charge in [0, 0.05) is 42.9 Å². The van der Waals surface area contributed by atoms with E-state index in [1.807, 2.05) is 54.6 Å². The lowest BCUT2D eigenvalue weighted by Gasteiger charge is -2.35. The Morgan fingerprint density at radius 1 is 0.613 bits per heavy atom. The van der Waals surface area contributed by atoms with Crippen LogP contribution in [0.15, 0.2) is 78.9 Å². The lowest BCUT2D eigenvalue weighted by molar-refractivity contribution is 0.0535. The molecule has 0 saturated carbocycles. The molecule has 2 amide bonds. The van der Waals surface area contributed by atoms with Gasteiger partial charge in [0.15, 0.2) is 0 Å². The molecule has 0 aliphatic carbocycles. The first-order valence-electron chi connectivity index (χ1n) is 10.2. The Kier molecular flexibility index (Phi) is 5.80. The molecule has 6 nitrogen and oxygen atoms in total. The number of nitrogen functional groups attached to an aromatic ring is 1. The van der Waals surface area contributed by atoms with Crippen LogP contribution in [-0.2, 0) is 0 Å². The fraction of sp³-hybridized carbons (Fsp3) is 0.160. The van der Waals surface area contributed by atoms with E-state index in [2.05, 4.69) is 0 Å². The van der Waals surface area contributed by atoms with Crippen molar-refractivity contribution in [1.29, 1.82) is 5.41 Å². The van der Waals surface area contributed by atoms with Crippen LogP contribution in [0.3, 0.4) is 0 Å². The number of carbonyl (C=O) groups is 2. The number of nitrogens with zero attached hydrogens (tertiary/aromatic N) is 2. The Labute approximate surface area is 181 Å². The monoisotopic (exact) mass is 412 g/mol. The first kappa shape index (κ1) is 20.3. The molecule has 0 radical (unpaired) electrons. The summed E-state index contributed by atoms with van der Waals surface area (Å²) in [7, 11) is 0. The number of piperazine rings is 1. The van der Waals surface area contributed by atoms with E-state index in [1.54, 1.807) is 34.1 Å². The quantitative estimate of drug-likeness (QED) is 0.509. The maximum absolute atomic E-state index is 12.9. The Balaban J connectivity index is 1.36. The summed E-state index contributed by atoms with van der Waals surface area (Å²) >= 11 is 0. The SMILES string of the molecule is N=C(N)c1ccc(C(=O)N2CCN(C(=O)c3ccc(-c4ccccc4)cc3)CC2)cc1. The van der Waals surface area contributed by atoms with Crippen LogP contribution in [0.2, 0.25) is 0 Å². The van der Waals surface area contributed by atoms with E-state index in [0.717, 1.165) is 11.1 Å². The van der Waals surface area contributed by atoms with E-state index in [0.29, 0.717) is 42.9 Å². The van der Waals surface area contributed by atoms with Crippen molar-refractivity contribution in [2.45, 2.75) is 0 Å². The van der Waals surface area contributed by atoms with Gasteiger partial charge >= 0.3 is 0 Å². The maximum atomic E-state index is 12.9. The number of amidine groups is 1. The molecule has 0 bridgehead atoms. The molecule has 0 aromatic heterocycles. The fourth-order valence-electron chi connectivity index (χ4n) is 3.71. The van der Waals surface area contributed by atoms with Gasteiger partial charge in [0.05, 0.1) is 0 Å². The highest BCUT2D eigenvalue weighted by atomic mass is 16.2. The largest absolute Gasteiger partial charge is 0.384 e. The van der Waals surface area contributed by atoms with Crippen LogP contribution < -0.4 is 5.73 Å². The van der Waals surface area contributed by atoms with Crippen molar-refractivity contribution < 1.29 is 9.59 Å². The Morgan fingerprint density at radius 2 is 1.00 bits per heavy atom. The molecule has 1 aliphatic heterocycles. The average Bonchev–Trinajstić information content (AvgIpc) is 2.84. The standard InChI is InChI=1S/C25H24N4O2/c26-23(27)20-8-12-22(13-9-20)25(31)29-16-14-28(15-17-29)24(30)21-10-6-19(7-11-21)18-4-2-1-3-5-18/h1-13H,14-17H2,(H3,26,27). The number of carbonyl (C=O) groups excluding carboxylic acids is 2. The number of nitrogens with two attached hydrogens (primary N) is 1. The van der Waals surface area contributed by atoms with Gasteiger partial charge in [0.25, 0.3) is 11.8 Å². The van der Waals surface area contributed by atoms with Crippen molar-refractivity contribution in [2.24, 2.45) is 5.73 Å². The summed E-state index contributed by atoms with van der Waals surface area (Å²) < 4.78 is 0. The van der Waals surface area contributed by atoms with Gasteiger partial charge in [-0.1, -0.05) is 54.6 Å². The van der Waals surface area contributed by atoms with Crippen LogP contribution in [0.1, 0.15) is 26.3 Å². The molecular weight excluding hydrogens is 388 g/mol. The second-order valence-corrected chi connectivity index (χ2v) is 7.52. The molecule has 3 aromatic carbocycles. The molecule has 1 saturated heterocycles. The Hall–Kier alpha value is -3.93. The molecule has 0 atom stereocenters. The van der Waals surface area contributed by atoms with Crippen molar-refractivity contribution >= 4 is 17.6 Å². The maximum Gasteiger partial charge on any atom is 0.253 e. The van der Waals surface area contributed by atoms with Gasteiger partial charge in [-0.15, -0.1) is 0 Å². The Morgan fingerprint density at radius 3 is 1.45 bits per heavy atom. The first-order valence-corrected chi connectivity index (χ1v) is 10.2. The van der Waals surface area contributed by atoms with E-state index in [9.17, 15) is 9.59 Å². The first-order chi connectivity index (χ1) is 15.0. The third-order valence-corrected chi connectivity index (χ3v) is 5.54. The third kappa shape index (κ3) is 4.48. The summed E-state index contributed by atoms with van der Waals surface area (Å²) in [6.45, 7) is 1.97. The summed E-state index contributed by atoms with van der Waals surface area (Å²) in [5, 5.41) is 7.44. The van der Waals surface area contributed by atoms with Crippen LogP contribution in [0.25, 0.3) is 11.1 Å². The van der Waals surface area contributed by atoms with Crippen LogP contribution in [0.4, 0.5) is 0 Å². The molecule has 0 unspecified atom stereocenters. The molecule has 31 heavy (non-hydrogen) atoms. The molecule has 1 heterocycles. The van der Waals surface area contributed by atoms with Gasteiger partial charge in [-0.25, -0.2) is 0 Å². The van der Waals surface area contributed by atoms with Crippen LogP contribution in [-0.4, -0.2) is 53.6 Å². The van der Waals surface area contributed by atoms with E-state index >= 15 is 0 Å². The average molecular weight is 412 g/mol. The summed E-state index contributed by atoms with van der Waals surface area (Å²) in [6.07, 6.45) is 0. The zero-order chi connectivity index (χ0) is 21.8. The van der Waals surface area contributed by atoms with Gasteiger partial charge in [-0.3, -0.25) is 15.0 Å². The van der Waals surface area contributed by atoms with Gasteiger partial charge in [-0.2, -0.15) is 0 Å². The summed E-state index contributed by atoms with van der Waals surface area (Å²) in [6, 6.07) is 24.4. The lowest BCUT2D eigenvalue weighted by Crippen LogP contribution is -2.50. The summed E-state index contributed by atoms with van der Waals surface area (Å²) in [4.78, 5) is 29.2. The third-order valence-electron chi connectivity index (χ3n) is 5.54. The normalized spacial score (nSPS) is 13.7. The molecule has 1 fully saturated rings. The van der Waals surface area contributed by atoms with Crippen LogP contribution >= 0.6 is 0 Å². The lowest BCUT2D eigenvalue weighted by atomic mass is 10.0. The van der Waals surface area contributed by atoms with E-state index in [1.165, 1.54) is 0 Å². The topological polar surface area (TPSA) is 90.5 Å². The fourth-order valence-corrected chi connectivity index (χ4v) is 3.71. The van der Waals surface area contributed by atoms with E-state index < -0.39 is 0 Å². The number of rotatable bonds is 4. The van der Waals surface area contributed by atoms with Crippen molar-refractivity contribution in [3.05, 3.63) is 95.6 Å². The summed E-state index contributed by atoms with van der Waals surface area (Å²) in [5.41, 5.74) is 9.45. The number of amides is 2. The van der Waals surface area contributed by atoms with Gasteiger partial charge in [0.1, 0.15) is 5.84 Å². The predicted molar refractivity (Wildman–Crippen MR) is 121 cm³/mol. The van der Waals surface area contributed by atoms with Crippen molar-refractivity contribution in [2.75, 3.05) is 26.2 Å². The highest BCUT2D eigenvalue weighted by Crippen LogP contribution is 2.20. The van der Waals surface area contributed by atoms with Crippen molar-refractivity contribution in [1.82, 2.24) is 9.80 Å². The smallest absolute Gasteiger partial charge is 0.253 e.